The molecular weight excluding hydrogens is 232 g/mol. The highest BCUT2D eigenvalue weighted by molar-refractivity contribution is 5.15. The zero-order valence-electron chi connectivity index (χ0n) is 11.8. The van der Waals surface area contributed by atoms with Crippen LogP contribution < -0.4 is 5.73 Å². The summed E-state index contributed by atoms with van der Waals surface area (Å²) in [6.45, 7) is 2.35. The first kappa shape index (κ1) is 13.1. The van der Waals surface area contributed by atoms with E-state index in [-0.39, 0.29) is 6.04 Å². The van der Waals surface area contributed by atoms with Crippen molar-refractivity contribution in [1.29, 1.82) is 0 Å². The van der Waals surface area contributed by atoms with Gasteiger partial charge in [-0.15, -0.1) is 0 Å². The SMILES string of the molecule is NC(Cc1ccccc1)CN1CCCC2CCCC21. The summed E-state index contributed by atoms with van der Waals surface area (Å²) in [6, 6.07) is 11.8. The highest BCUT2D eigenvalue weighted by Gasteiger charge is 2.35. The molecule has 3 rings (SSSR count). The second-order valence-electron chi connectivity index (χ2n) is 6.35. The van der Waals surface area contributed by atoms with Crippen molar-refractivity contribution in [3.63, 3.8) is 0 Å². The second-order valence-corrected chi connectivity index (χ2v) is 6.35. The van der Waals surface area contributed by atoms with Crippen LogP contribution >= 0.6 is 0 Å². The van der Waals surface area contributed by atoms with Crippen LogP contribution in [0.15, 0.2) is 30.3 Å². The van der Waals surface area contributed by atoms with Crippen LogP contribution in [-0.4, -0.2) is 30.1 Å². The van der Waals surface area contributed by atoms with Crippen molar-refractivity contribution in [3.8, 4) is 0 Å². The molecule has 1 saturated carbocycles. The Bertz CT molecular complexity index is 390. The first-order chi connectivity index (χ1) is 9.33. The van der Waals surface area contributed by atoms with Crippen LogP contribution in [0.3, 0.4) is 0 Å². The maximum atomic E-state index is 6.38. The molecule has 104 valence electrons. The molecule has 2 heteroatoms. The number of rotatable bonds is 4. The lowest BCUT2D eigenvalue weighted by atomic mass is 9.91. The zero-order chi connectivity index (χ0) is 13.1. The molecule has 0 amide bonds. The third kappa shape index (κ3) is 3.18. The Hall–Kier alpha value is -0.860. The number of hydrogen-bond acceptors (Lipinski definition) is 2. The van der Waals surface area contributed by atoms with E-state index in [0.717, 1.165) is 24.9 Å². The molecule has 0 aromatic heterocycles. The van der Waals surface area contributed by atoms with Crippen LogP contribution in [0, 0.1) is 5.92 Å². The summed E-state index contributed by atoms with van der Waals surface area (Å²) in [4.78, 5) is 2.69. The van der Waals surface area contributed by atoms with Gasteiger partial charge in [0.15, 0.2) is 0 Å². The van der Waals surface area contributed by atoms with Gasteiger partial charge >= 0.3 is 0 Å². The summed E-state index contributed by atoms with van der Waals surface area (Å²) in [7, 11) is 0. The van der Waals surface area contributed by atoms with E-state index in [9.17, 15) is 0 Å². The summed E-state index contributed by atoms with van der Waals surface area (Å²) in [5, 5.41) is 0. The second kappa shape index (κ2) is 6.06. The molecule has 0 bridgehead atoms. The summed E-state index contributed by atoms with van der Waals surface area (Å²) in [5.74, 6) is 0.970. The first-order valence-electron chi connectivity index (χ1n) is 7.86. The predicted molar refractivity (Wildman–Crippen MR) is 80.1 cm³/mol. The molecule has 2 nitrogen and oxygen atoms in total. The zero-order valence-corrected chi connectivity index (χ0v) is 11.8. The molecule has 1 saturated heterocycles. The van der Waals surface area contributed by atoms with Gasteiger partial charge in [0.05, 0.1) is 0 Å². The maximum absolute atomic E-state index is 6.38. The topological polar surface area (TPSA) is 29.3 Å². The van der Waals surface area contributed by atoms with Crippen LogP contribution in [0.2, 0.25) is 0 Å². The molecule has 1 aliphatic carbocycles. The number of benzene rings is 1. The lowest BCUT2D eigenvalue weighted by molar-refractivity contribution is 0.106. The smallest absolute Gasteiger partial charge is 0.0208 e. The lowest BCUT2D eigenvalue weighted by Crippen LogP contribution is -2.48. The molecule has 0 spiro atoms. The minimum Gasteiger partial charge on any atom is -0.326 e. The minimum absolute atomic E-state index is 0.279. The molecule has 1 aromatic rings. The van der Waals surface area contributed by atoms with Gasteiger partial charge in [-0.1, -0.05) is 36.8 Å². The van der Waals surface area contributed by atoms with Crippen molar-refractivity contribution in [2.75, 3.05) is 13.1 Å². The Balaban J connectivity index is 1.55. The van der Waals surface area contributed by atoms with Crippen molar-refractivity contribution in [3.05, 3.63) is 35.9 Å². The molecule has 2 N–H and O–H groups in total. The number of hydrogen-bond donors (Lipinski definition) is 1. The Morgan fingerprint density at radius 1 is 1.11 bits per heavy atom. The van der Waals surface area contributed by atoms with E-state index in [1.54, 1.807) is 0 Å². The summed E-state index contributed by atoms with van der Waals surface area (Å²) >= 11 is 0. The number of nitrogens with zero attached hydrogens (tertiary/aromatic N) is 1. The van der Waals surface area contributed by atoms with Gasteiger partial charge in [-0.2, -0.15) is 0 Å². The summed E-state index contributed by atoms with van der Waals surface area (Å²) < 4.78 is 0. The monoisotopic (exact) mass is 258 g/mol. The molecule has 1 aliphatic heterocycles. The van der Waals surface area contributed by atoms with Crippen LogP contribution in [0.5, 0.6) is 0 Å². The van der Waals surface area contributed by atoms with Gasteiger partial charge in [-0.05, 0) is 50.1 Å². The van der Waals surface area contributed by atoms with Gasteiger partial charge in [0.1, 0.15) is 0 Å². The number of piperidine rings is 1. The molecule has 0 radical (unpaired) electrons. The van der Waals surface area contributed by atoms with Gasteiger partial charge in [0, 0.05) is 18.6 Å². The fourth-order valence-electron chi connectivity index (χ4n) is 4.07. The van der Waals surface area contributed by atoms with Crippen LogP contribution in [0.1, 0.15) is 37.7 Å². The average Bonchev–Trinajstić information content (AvgIpc) is 2.89. The van der Waals surface area contributed by atoms with Crippen molar-refractivity contribution in [2.45, 2.75) is 50.6 Å². The first-order valence-corrected chi connectivity index (χ1v) is 7.86. The lowest BCUT2D eigenvalue weighted by Gasteiger charge is -2.39. The summed E-state index contributed by atoms with van der Waals surface area (Å²) in [6.07, 6.45) is 8.13. The maximum Gasteiger partial charge on any atom is 0.0208 e. The fraction of sp³-hybridized carbons (Fsp3) is 0.647. The Labute approximate surface area is 117 Å². The molecule has 2 fully saturated rings. The highest BCUT2D eigenvalue weighted by atomic mass is 15.2. The van der Waals surface area contributed by atoms with Gasteiger partial charge in [-0.25, -0.2) is 0 Å². The van der Waals surface area contributed by atoms with Crippen molar-refractivity contribution in [1.82, 2.24) is 4.90 Å². The molecule has 2 aliphatic rings. The van der Waals surface area contributed by atoms with E-state index in [2.05, 4.69) is 35.2 Å². The minimum atomic E-state index is 0.279. The van der Waals surface area contributed by atoms with Gasteiger partial charge in [0.25, 0.3) is 0 Å². The third-order valence-electron chi connectivity index (χ3n) is 4.92. The van der Waals surface area contributed by atoms with Gasteiger partial charge in [-0.3, -0.25) is 4.90 Å². The predicted octanol–water partition coefficient (Wildman–Crippen LogP) is 2.82. The largest absolute Gasteiger partial charge is 0.326 e. The molecular formula is C17H26N2. The molecule has 3 atom stereocenters. The van der Waals surface area contributed by atoms with Crippen molar-refractivity contribution < 1.29 is 0 Å². The summed E-state index contributed by atoms with van der Waals surface area (Å²) in [5.41, 5.74) is 7.75. The van der Waals surface area contributed by atoms with Crippen LogP contribution in [-0.2, 0) is 6.42 Å². The quantitative estimate of drug-likeness (QED) is 0.900. The number of nitrogens with two attached hydrogens (primary N) is 1. The standard InChI is InChI=1S/C17H26N2/c18-16(12-14-6-2-1-3-7-14)13-19-11-5-9-15-8-4-10-17(15)19/h1-3,6-7,15-17H,4-5,8-13,18H2. The average molecular weight is 258 g/mol. The Morgan fingerprint density at radius 3 is 2.74 bits per heavy atom. The third-order valence-corrected chi connectivity index (χ3v) is 4.92. The Kier molecular flexibility index (Phi) is 4.19. The molecule has 3 unspecified atom stereocenters. The van der Waals surface area contributed by atoms with E-state index >= 15 is 0 Å². The van der Waals surface area contributed by atoms with E-state index in [4.69, 9.17) is 5.73 Å². The molecule has 1 heterocycles. The van der Waals surface area contributed by atoms with E-state index in [1.165, 1.54) is 44.2 Å². The fourth-order valence-corrected chi connectivity index (χ4v) is 4.07. The van der Waals surface area contributed by atoms with E-state index in [1.807, 2.05) is 0 Å². The van der Waals surface area contributed by atoms with Crippen LogP contribution in [0.25, 0.3) is 0 Å². The van der Waals surface area contributed by atoms with Crippen molar-refractivity contribution in [2.24, 2.45) is 11.7 Å². The van der Waals surface area contributed by atoms with E-state index in [0.29, 0.717) is 0 Å². The van der Waals surface area contributed by atoms with Crippen LogP contribution in [0.4, 0.5) is 0 Å². The van der Waals surface area contributed by atoms with Gasteiger partial charge in [0.2, 0.25) is 0 Å². The van der Waals surface area contributed by atoms with Gasteiger partial charge < -0.3 is 5.73 Å². The van der Waals surface area contributed by atoms with E-state index < -0.39 is 0 Å². The molecule has 19 heavy (non-hydrogen) atoms. The normalized spacial score (nSPS) is 29.1. The molecule has 1 aromatic carbocycles. The van der Waals surface area contributed by atoms with Crippen molar-refractivity contribution >= 4 is 0 Å². The number of fused-ring (bicyclic) bond motifs is 1. The Morgan fingerprint density at radius 2 is 1.89 bits per heavy atom. The highest BCUT2D eigenvalue weighted by Crippen LogP contribution is 2.36. The number of likely N-dealkylation sites (tertiary alicyclic amines) is 1.